The molecule has 0 spiro atoms. The van der Waals surface area contributed by atoms with E-state index in [4.69, 9.17) is 10.6 Å². The van der Waals surface area contributed by atoms with E-state index in [0.29, 0.717) is 18.1 Å². The van der Waals surface area contributed by atoms with Gasteiger partial charge in [-0.25, -0.2) is 0 Å². The molecule has 1 fully saturated rings. The summed E-state index contributed by atoms with van der Waals surface area (Å²) in [5, 5.41) is 0. The quantitative estimate of drug-likeness (QED) is 0.612. The fourth-order valence-electron chi connectivity index (χ4n) is 2.68. The Hall–Kier alpha value is -0.900. The molecule has 0 amide bonds. The molecule has 2 unspecified atom stereocenters. The third-order valence-corrected chi connectivity index (χ3v) is 3.94. The van der Waals surface area contributed by atoms with E-state index in [2.05, 4.69) is 43.5 Å². The molecule has 3 nitrogen and oxygen atoms in total. The Morgan fingerprint density at radius 3 is 2.58 bits per heavy atom. The topological polar surface area (TPSA) is 47.3 Å². The van der Waals surface area contributed by atoms with Crippen molar-refractivity contribution in [2.45, 2.75) is 57.6 Å². The molecule has 3 heteroatoms. The predicted octanol–water partition coefficient (Wildman–Crippen LogP) is 2.75. The zero-order chi connectivity index (χ0) is 13.7. The Labute approximate surface area is 116 Å². The molecule has 0 aromatic heterocycles. The van der Waals surface area contributed by atoms with Crippen molar-refractivity contribution in [3.8, 4) is 0 Å². The van der Waals surface area contributed by atoms with E-state index in [1.54, 1.807) is 0 Å². The van der Waals surface area contributed by atoms with Crippen LogP contribution >= 0.6 is 0 Å². The SMILES string of the molecule is CC(C)c1ccc(CC(CC2CCCO2)NN)cc1. The first-order valence-electron chi connectivity index (χ1n) is 7.35. The van der Waals surface area contributed by atoms with Crippen LogP contribution in [0, 0.1) is 0 Å². The molecule has 1 aliphatic rings. The maximum atomic E-state index is 5.68. The number of benzene rings is 1. The molecule has 0 bridgehead atoms. The second kappa shape index (κ2) is 7.04. The van der Waals surface area contributed by atoms with Crippen LogP contribution in [0.15, 0.2) is 24.3 Å². The van der Waals surface area contributed by atoms with Crippen LogP contribution in [0.3, 0.4) is 0 Å². The van der Waals surface area contributed by atoms with Crippen molar-refractivity contribution in [1.82, 2.24) is 5.43 Å². The van der Waals surface area contributed by atoms with Crippen molar-refractivity contribution >= 4 is 0 Å². The normalized spacial score (nSPS) is 20.9. The lowest BCUT2D eigenvalue weighted by molar-refractivity contribution is 0.0946. The Kier molecular flexibility index (Phi) is 5.37. The molecule has 1 aromatic rings. The van der Waals surface area contributed by atoms with Gasteiger partial charge in [0.15, 0.2) is 0 Å². The maximum Gasteiger partial charge on any atom is 0.0591 e. The zero-order valence-corrected chi connectivity index (χ0v) is 12.1. The Bertz CT molecular complexity index is 369. The van der Waals surface area contributed by atoms with Gasteiger partial charge in [-0.2, -0.15) is 0 Å². The third kappa shape index (κ3) is 4.30. The smallest absolute Gasteiger partial charge is 0.0591 e. The minimum atomic E-state index is 0.299. The Balaban J connectivity index is 1.89. The van der Waals surface area contributed by atoms with E-state index < -0.39 is 0 Å². The lowest BCUT2D eigenvalue weighted by atomic mass is 9.97. The first kappa shape index (κ1) is 14.5. The van der Waals surface area contributed by atoms with Gasteiger partial charge in [0.25, 0.3) is 0 Å². The summed E-state index contributed by atoms with van der Waals surface area (Å²) in [6.07, 6.45) is 4.71. The van der Waals surface area contributed by atoms with Crippen LogP contribution in [0.2, 0.25) is 0 Å². The number of hydrogen-bond donors (Lipinski definition) is 2. The van der Waals surface area contributed by atoms with Gasteiger partial charge in [-0.05, 0) is 42.7 Å². The number of nitrogens with two attached hydrogens (primary N) is 1. The summed E-state index contributed by atoms with van der Waals surface area (Å²) < 4.78 is 5.68. The van der Waals surface area contributed by atoms with Gasteiger partial charge in [0.2, 0.25) is 0 Å². The van der Waals surface area contributed by atoms with Gasteiger partial charge < -0.3 is 4.74 Å². The number of hydrogen-bond acceptors (Lipinski definition) is 3. The molecule has 2 rings (SSSR count). The Morgan fingerprint density at radius 1 is 1.32 bits per heavy atom. The lowest BCUT2D eigenvalue weighted by Crippen LogP contribution is -2.39. The zero-order valence-electron chi connectivity index (χ0n) is 12.1. The molecule has 19 heavy (non-hydrogen) atoms. The molecule has 0 radical (unpaired) electrons. The first-order valence-corrected chi connectivity index (χ1v) is 7.35. The standard InChI is InChI=1S/C16H26N2O/c1-12(2)14-7-5-13(6-8-14)10-15(18-17)11-16-4-3-9-19-16/h5-8,12,15-16,18H,3-4,9-11,17H2,1-2H3. The lowest BCUT2D eigenvalue weighted by Gasteiger charge is -2.19. The van der Waals surface area contributed by atoms with Gasteiger partial charge in [-0.3, -0.25) is 11.3 Å². The molecule has 2 atom stereocenters. The number of ether oxygens (including phenoxy) is 1. The fourth-order valence-corrected chi connectivity index (χ4v) is 2.68. The van der Waals surface area contributed by atoms with Gasteiger partial charge in [0, 0.05) is 12.6 Å². The number of rotatable bonds is 6. The van der Waals surface area contributed by atoms with E-state index in [0.717, 1.165) is 19.4 Å². The Morgan fingerprint density at radius 2 is 2.05 bits per heavy atom. The van der Waals surface area contributed by atoms with E-state index >= 15 is 0 Å². The van der Waals surface area contributed by atoms with Crippen molar-refractivity contribution in [2.24, 2.45) is 5.84 Å². The second-order valence-corrected chi connectivity index (χ2v) is 5.83. The van der Waals surface area contributed by atoms with E-state index in [9.17, 15) is 0 Å². The van der Waals surface area contributed by atoms with Crippen molar-refractivity contribution in [1.29, 1.82) is 0 Å². The molecule has 1 aliphatic heterocycles. The summed E-state index contributed by atoms with van der Waals surface area (Å²) in [6, 6.07) is 9.18. The largest absolute Gasteiger partial charge is 0.378 e. The number of hydrazine groups is 1. The molecule has 1 aromatic carbocycles. The summed E-state index contributed by atoms with van der Waals surface area (Å²) in [5.74, 6) is 6.26. The minimum absolute atomic E-state index is 0.299. The summed E-state index contributed by atoms with van der Waals surface area (Å²) in [6.45, 7) is 5.35. The van der Waals surface area contributed by atoms with Crippen molar-refractivity contribution in [3.05, 3.63) is 35.4 Å². The van der Waals surface area contributed by atoms with Gasteiger partial charge in [-0.1, -0.05) is 38.1 Å². The summed E-state index contributed by atoms with van der Waals surface area (Å²) in [7, 11) is 0. The van der Waals surface area contributed by atoms with E-state index in [-0.39, 0.29) is 0 Å². The van der Waals surface area contributed by atoms with Crippen LogP contribution < -0.4 is 11.3 Å². The van der Waals surface area contributed by atoms with Crippen molar-refractivity contribution in [3.63, 3.8) is 0 Å². The van der Waals surface area contributed by atoms with Gasteiger partial charge in [0.1, 0.15) is 0 Å². The molecular weight excluding hydrogens is 236 g/mol. The average Bonchev–Trinajstić information content (AvgIpc) is 2.91. The monoisotopic (exact) mass is 262 g/mol. The van der Waals surface area contributed by atoms with Crippen LogP contribution in [0.25, 0.3) is 0 Å². The fraction of sp³-hybridized carbons (Fsp3) is 0.625. The molecule has 1 heterocycles. The van der Waals surface area contributed by atoms with E-state index in [1.165, 1.54) is 24.0 Å². The molecule has 0 aliphatic carbocycles. The van der Waals surface area contributed by atoms with Gasteiger partial charge in [-0.15, -0.1) is 0 Å². The first-order chi connectivity index (χ1) is 9.19. The molecular formula is C16H26N2O. The molecule has 0 saturated carbocycles. The maximum absolute atomic E-state index is 5.68. The van der Waals surface area contributed by atoms with Crippen LogP contribution in [-0.4, -0.2) is 18.8 Å². The number of nitrogens with one attached hydrogen (secondary N) is 1. The minimum Gasteiger partial charge on any atom is -0.378 e. The predicted molar refractivity (Wildman–Crippen MR) is 78.9 cm³/mol. The highest BCUT2D eigenvalue weighted by Crippen LogP contribution is 2.20. The summed E-state index contributed by atoms with van der Waals surface area (Å²) in [4.78, 5) is 0. The van der Waals surface area contributed by atoms with Gasteiger partial charge >= 0.3 is 0 Å². The molecule has 106 valence electrons. The highest BCUT2D eigenvalue weighted by atomic mass is 16.5. The summed E-state index contributed by atoms with van der Waals surface area (Å²) in [5.41, 5.74) is 5.66. The summed E-state index contributed by atoms with van der Waals surface area (Å²) >= 11 is 0. The highest BCUT2D eigenvalue weighted by Gasteiger charge is 2.20. The highest BCUT2D eigenvalue weighted by molar-refractivity contribution is 5.25. The van der Waals surface area contributed by atoms with Crippen LogP contribution in [0.5, 0.6) is 0 Å². The van der Waals surface area contributed by atoms with Crippen molar-refractivity contribution < 1.29 is 4.74 Å². The van der Waals surface area contributed by atoms with Crippen LogP contribution in [-0.2, 0) is 11.2 Å². The van der Waals surface area contributed by atoms with Crippen LogP contribution in [0.1, 0.15) is 50.2 Å². The average molecular weight is 262 g/mol. The van der Waals surface area contributed by atoms with Crippen molar-refractivity contribution in [2.75, 3.05) is 6.61 Å². The molecule has 1 saturated heterocycles. The van der Waals surface area contributed by atoms with Crippen LogP contribution in [0.4, 0.5) is 0 Å². The van der Waals surface area contributed by atoms with E-state index in [1.807, 2.05) is 0 Å². The second-order valence-electron chi connectivity index (χ2n) is 5.83. The van der Waals surface area contributed by atoms with Gasteiger partial charge in [0.05, 0.1) is 6.10 Å². The third-order valence-electron chi connectivity index (χ3n) is 3.94. The molecule has 3 N–H and O–H groups in total.